The summed E-state index contributed by atoms with van der Waals surface area (Å²) in [7, 11) is 1.42. The molecule has 0 aromatic heterocycles. The second-order valence-electron chi connectivity index (χ2n) is 3.18. The lowest BCUT2D eigenvalue weighted by molar-refractivity contribution is -0.142. The molecular formula is C10H14O3. The van der Waals surface area contributed by atoms with Crippen molar-refractivity contribution < 1.29 is 14.6 Å². The number of methoxy groups -OCH3 is 1. The topological polar surface area (TPSA) is 46.5 Å². The van der Waals surface area contributed by atoms with E-state index < -0.39 is 0 Å². The second-order valence-corrected chi connectivity index (χ2v) is 3.18. The Hall–Kier alpha value is -1.01. The van der Waals surface area contributed by atoms with Gasteiger partial charge >= 0.3 is 5.97 Å². The number of esters is 1. The molecule has 1 rings (SSSR count). The minimum absolute atomic E-state index is 0.0783. The summed E-state index contributed by atoms with van der Waals surface area (Å²) in [6.45, 7) is -0.0783. The van der Waals surface area contributed by atoms with Crippen molar-refractivity contribution in [3.63, 3.8) is 0 Å². The highest BCUT2D eigenvalue weighted by atomic mass is 16.5. The number of aliphatic hydroxyl groups excluding tert-OH is 1. The van der Waals surface area contributed by atoms with Gasteiger partial charge in [-0.05, 0) is 18.8 Å². The van der Waals surface area contributed by atoms with Gasteiger partial charge in [-0.15, -0.1) is 5.92 Å². The molecule has 0 amide bonds. The smallest absolute Gasteiger partial charge is 0.308 e. The van der Waals surface area contributed by atoms with Crippen molar-refractivity contribution in [2.75, 3.05) is 13.7 Å². The maximum absolute atomic E-state index is 11.0. The van der Waals surface area contributed by atoms with Crippen LogP contribution in [0.25, 0.3) is 0 Å². The largest absolute Gasteiger partial charge is 0.469 e. The first-order valence-corrected chi connectivity index (χ1v) is 4.44. The predicted molar refractivity (Wildman–Crippen MR) is 47.7 cm³/mol. The average Bonchev–Trinajstić information content (AvgIpc) is 2.91. The summed E-state index contributed by atoms with van der Waals surface area (Å²) >= 11 is 0. The van der Waals surface area contributed by atoms with E-state index in [0.29, 0.717) is 5.92 Å². The summed E-state index contributed by atoms with van der Waals surface area (Å²) in [5.41, 5.74) is 0. The van der Waals surface area contributed by atoms with Crippen molar-refractivity contribution >= 4 is 5.97 Å². The SMILES string of the molecule is COC(=O)C1CC1CCC#CCO. The number of carbonyl (C=O) groups excluding carboxylic acids is 1. The Bertz CT molecular complexity index is 236. The number of hydrogen-bond acceptors (Lipinski definition) is 3. The summed E-state index contributed by atoms with van der Waals surface area (Å²) in [5, 5.41) is 8.38. The van der Waals surface area contributed by atoms with Crippen LogP contribution in [0.2, 0.25) is 0 Å². The molecule has 1 aliphatic rings. The van der Waals surface area contributed by atoms with Crippen molar-refractivity contribution in [3.8, 4) is 11.8 Å². The molecule has 0 aromatic carbocycles. The van der Waals surface area contributed by atoms with Gasteiger partial charge in [-0.3, -0.25) is 4.79 Å². The van der Waals surface area contributed by atoms with Crippen LogP contribution >= 0.6 is 0 Å². The fourth-order valence-corrected chi connectivity index (χ4v) is 1.41. The molecule has 1 aliphatic carbocycles. The molecule has 3 heteroatoms. The Balaban J connectivity index is 2.11. The highest BCUT2D eigenvalue weighted by Crippen LogP contribution is 2.42. The zero-order valence-electron chi connectivity index (χ0n) is 7.75. The predicted octanol–water partition coefficient (Wildman–Crippen LogP) is 0.571. The van der Waals surface area contributed by atoms with Crippen LogP contribution < -0.4 is 0 Å². The zero-order valence-corrected chi connectivity index (χ0v) is 7.75. The van der Waals surface area contributed by atoms with Gasteiger partial charge in [0.2, 0.25) is 0 Å². The second kappa shape index (κ2) is 4.88. The van der Waals surface area contributed by atoms with E-state index in [1.54, 1.807) is 0 Å². The molecule has 0 radical (unpaired) electrons. The fourth-order valence-electron chi connectivity index (χ4n) is 1.41. The van der Waals surface area contributed by atoms with Gasteiger partial charge in [0.25, 0.3) is 0 Å². The molecule has 1 saturated carbocycles. The summed E-state index contributed by atoms with van der Waals surface area (Å²) in [6.07, 6.45) is 2.64. The number of ether oxygens (including phenoxy) is 1. The van der Waals surface area contributed by atoms with E-state index in [0.717, 1.165) is 19.3 Å². The van der Waals surface area contributed by atoms with E-state index >= 15 is 0 Å². The van der Waals surface area contributed by atoms with Gasteiger partial charge in [0, 0.05) is 6.42 Å². The highest BCUT2D eigenvalue weighted by Gasteiger charge is 2.42. The summed E-state index contributed by atoms with van der Waals surface area (Å²) < 4.78 is 4.62. The molecule has 72 valence electrons. The van der Waals surface area contributed by atoms with Gasteiger partial charge in [-0.25, -0.2) is 0 Å². The molecule has 0 heterocycles. The van der Waals surface area contributed by atoms with Crippen molar-refractivity contribution in [2.45, 2.75) is 19.3 Å². The first-order chi connectivity index (χ1) is 6.29. The van der Waals surface area contributed by atoms with Crippen molar-refractivity contribution in [2.24, 2.45) is 11.8 Å². The van der Waals surface area contributed by atoms with Crippen LogP contribution in [0.5, 0.6) is 0 Å². The molecule has 0 bridgehead atoms. The standard InChI is InChI=1S/C10H14O3/c1-13-10(12)9-7-8(9)5-3-2-4-6-11/h8-9,11H,3,5-7H2,1H3. The van der Waals surface area contributed by atoms with Crippen LogP contribution in [0, 0.1) is 23.7 Å². The number of hydrogen-bond donors (Lipinski definition) is 1. The third-order valence-electron chi connectivity index (χ3n) is 2.27. The number of aliphatic hydroxyl groups is 1. The normalized spacial score (nSPS) is 24.5. The molecule has 0 spiro atoms. The summed E-state index contributed by atoms with van der Waals surface area (Å²) in [4.78, 5) is 11.0. The minimum atomic E-state index is -0.0971. The molecule has 1 N–H and O–H groups in total. The van der Waals surface area contributed by atoms with Gasteiger partial charge in [0.05, 0.1) is 13.0 Å². The monoisotopic (exact) mass is 182 g/mol. The third-order valence-corrected chi connectivity index (χ3v) is 2.27. The number of carbonyl (C=O) groups is 1. The summed E-state index contributed by atoms with van der Waals surface area (Å²) in [5.74, 6) is 5.88. The van der Waals surface area contributed by atoms with Crippen molar-refractivity contribution in [1.29, 1.82) is 0 Å². The Morgan fingerprint density at radius 3 is 3.00 bits per heavy atom. The quantitative estimate of drug-likeness (QED) is 0.512. The molecule has 0 aromatic rings. The van der Waals surface area contributed by atoms with Gasteiger partial charge in [0.1, 0.15) is 6.61 Å². The van der Waals surface area contributed by atoms with E-state index in [2.05, 4.69) is 16.6 Å². The van der Waals surface area contributed by atoms with Crippen molar-refractivity contribution in [3.05, 3.63) is 0 Å². The van der Waals surface area contributed by atoms with Crippen LogP contribution in [0.3, 0.4) is 0 Å². The van der Waals surface area contributed by atoms with Gasteiger partial charge in [0.15, 0.2) is 0 Å². The average molecular weight is 182 g/mol. The van der Waals surface area contributed by atoms with Crippen molar-refractivity contribution in [1.82, 2.24) is 0 Å². The molecule has 1 fully saturated rings. The highest BCUT2D eigenvalue weighted by molar-refractivity contribution is 5.75. The lowest BCUT2D eigenvalue weighted by Crippen LogP contribution is -2.04. The van der Waals surface area contributed by atoms with Crippen LogP contribution in [0.1, 0.15) is 19.3 Å². The fraction of sp³-hybridized carbons (Fsp3) is 0.700. The Kier molecular flexibility index (Phi) is 3.78. The van der Waals surface area contributed by atoms with E-state index in [-0.39, 0.29) is 18.5 Å². The first-order valence-electron chi connectivity index (χ1n) is 4.44. The van der Waals surface area contributed by atoms with Gasteiger partial charge in [-0.1, -0.05) is 5.92 Å². The first kappa shape index (κ1) is 10.1. The molecule has 3 nitrogen and oxygen atoms in total. The van der Waals surface area contributed by atoms with E-state index in [1.807, 2.05) is 0 Å². The lowest BCUT2D eigenvalue weighted by Gasteiger charge is -1.95. The molecule has 0 saturated heterocycles. The molecule has 13 heavy (non-hydrogen) atoms. The van der Waals surface area contributed by atoms with Gasteiger partial charge < -0.3 is 9.84 Å². The Labute approximate surface area is 78.1 Å². The third kappa shape index (κ3) is 3.08. The zero-order chi connectivity index (χ0) is 9.68. The Morgan fingerprint density at radius 1 is 1.62 bits per heavy atom. The van der Waals surface area contributed by atoms with E-state index in [9.17, 15) is 4.79 Å². The maximum Gasteiger partial charge on any atom is 0.308 e. The number of rotatable bonds is 3. The minimum Gasteiger partial charge on any atom is -0.469 e. The summed E-state index contributed by atoms with van der Waals surface area (Å²) in [6, 6.07) is 0. The van der Waals surface area contributed by atoms with Crippen LogP contribution in [-0.4, -0.2) is 24.8 Å². The molecular weight excluding hydrogens is 168 g/mol. The lowest BCUT2D eigenvalue weighted by atomic mass is 10.2. The Morgan fingerprint density at radius 2 is 2.38 bits per heavy atom. The molecule has 2 atom stereocenters. The van der Waals surface area contributed by atoms with Gasteiger partial charge in [-0.2, -0.15) is 0 Å². The van der Waals surface area contributed by atoms with Crippen LogP contribution in [-0.2, 0) is 9.53 Å². The molecule has 2 unspecified atom stereocenters. The van der Waals surface area contributed by atoms with Crippen LogP contribution in [0.15, 0.2) is 0 Å². The maximum atomic E-state index is 11.0. The van der Waals surface area contributed by atoms with E-state index in [4.69, 9.17) is 5.11 Å². The van der Waals surface area contributed by atoms with E-state index in [1.165, 1.54) is 7.11 Å². The molecule has 0 aliphatic heterocycles. The van der Waals surface area contributed by atoms with Crippen LogP contribution in [0.4, 0.5) is 0 Å².